The van der Waals surface area contributed by atoms with Gasteiger partial charge in [-0.25, -0.2) is 8.78 Å². The zero-order valence-electron chi connectivity index (χ0n) is 29.6. The molecular formula is C37H41F5N4O4Si. The summed E-state index contributed by atoms with van der Waals surface area (Å²) in [6, 6.07) is 7.64. The molecule has 51 heavy (non-hydrogen) atoms. The SMILES string of the molecule is CC(C)[Si](C#Cc1c(F)ccc2cccc(-c3c([N+](=O)[O-])cc4c(N5CCC[C@@](C)(O)C5)nc(OCC(F)(F)F)nc4c3F)c12)(C(C)C)C(C)C. The van der Waals surface area contributed by atoms with E-state index in [0.29, 0.717) is 18.2 Å². The van der Waals surface area contributed by atoms with Crippen LogP contribution in [0.3, 0.4) is 0 Å². The van der Waals surface area contributed by atoms with Crippen LogP contribution in [0.4, 0.5) is 33.5 Å². The van der Waals surface area contributed by atoms with Crippen LogP contribution in [0, 0.1) is 33.2 Å². The maximum atomic E-state index is 17.1. The molecule has 8 nitrogen and oxygen atoms in total. The number of fused-ring (bicyclic) bond motifs is 2. The van der Waals surface area contributed by atoms with E-state index in [-0.39, 0.29) is 57.4 Å². The van der Waals surface area contributed by atoms with E-state index in [9.17, 15) is 28.4 Å². The van der Waals surface area contributed by atoms with Crippen LogP contribution in [0.15, 0.2) is 36.4 Å². The van der Waals surface area contributed by atoms with E-state index in [2.05, 4.69) is 63.0 Å². The monoisotopic (exact) mass is 728 g/mol. The van der Waals surface area contributed by atoms with Gasteiger partial charge >= 0.3 is 12.2 Å². The van der Waals surface area contributed by atoms with E-state index in [4.69, 9.17) is 4.74 Å². The fraction of sp³-hybridized carbons (Fsp3) is 0.459. The minimum absolute atomic E-state index is 0.0342. The molecule has 1 aliphatic heterocycles. The summed E-state index contributed by atoms with van der Waals surface area (Å²) in [7, 11) is -2.40. The quantitative estimate of drug-likeness (QED) is 0.0634. The van der Waals surface area contributed by atoms with Crippen LogP contribution in [0.5, 0.6) is 6.01 Å². The van der Waals surface area contributed by atoms with Crippen molar-refractivity contribution < 1.29 is 36.7 Å². The molecule has 1 aromatic heterocycles. The van der Waals surface area contributed by atoms with Gasteiger partial charge in [-0.2, -0.15) is 23.1 Å². The Bertz CT molecular complexity index is 2040. The largest absolute Gasteiger partial charge is 0.454 e. The smallest absolute Gasteiger partial charge is 0.422 e. The second-order valence-electron chi connectivity index (χ2n) is 14.5. The number of benzene rings is 3. The van der Waals surface area contributed by atoms with Gasteiger partial charge in [0.05, 0.1) is 27.0 Å². The normalized spacial score (nSPS) is 17.1. The third-order valence-electron chi connectivity index (χ3n) is 9.94. The molecule has 0 unspecified atom stereocenters. The first-order valence-corrected chi connectivity index (χ1v) is 19.1. The number of alkyl halides is 3. The first-order valence-electron chi connectivity index (χ1n) is 16.9. The topological polar surface area (TPSA) is 102 Å². The van der Waals surface area contributed by atoms with Crippen molar-refractivity contribution in [2.24, 2.45) is 0 Å². The lowest BCUT2D eigenvalue weighted by atomic mass is 9.92. The van der Waals surface area contributed by atoms with Gasteiger partial charge in [-0.3, -0.25) is 10.1 Å². The summed E-state index contributed by atoms with van der Waals surface area (Å²) in [5.41, 5.74) is 1.08. The molecule has 1 fully saturated rings. The maximum absolute atomic E-state index is 17.1. The second-order valence-corrected chi connectivity index (χ2v) is 20.0. The molecule has 0 spiro atoms. The Morgan fingerprint density at radius 1 is 1.08 bits per heavy atom. The van der Waals surface area contributed by atoms with Crippen molar-refractivity contribution in [2.75, 3.05) is 24.6 Å². The fourth-order valence-electron chi connectivity index (χ4n) is 7.72. The highest BCUT2D eigenvalue weighted by Gasteiger charge is 2.42. The molecule has 2 heterocycles. The zero-order valence-corrected chi connectivity index (χ0v) is 30.6. The van der Waals surface area contributed by atoms with Crippen LogP contribution in [-0.2, 0) is 0 Å². The van der Waals surface area contributed by atoms with Gasteiger partial charge in [0.25, 0.3) is 5.69 Å². The zero-order chi connectivity index (χ0) is 37.6. The number of halogens is 5. The highest BCUT2D eigenvalue weighted by Crippen LogP contribution is 2.45. The lowest BCUT2D eigenvalue weighted by molar-refractivity contribution is -0.384. The van der Waals surface area contributed by atoms with Gasteiger partial charge in [0.2, 0.25) is 0 Å². The minimum Gasteiger partial charge on any atom is -0.454 e. The molecule has 1 saturated heterocycles. The molecule has 14 heteroatoms. The summed E-state index contributed by atoms with van der Waals surface area (Å²) >= 11 is 0. The number of ether oxygens (including phenoxy) is 1. The van der Waals surface area contributed by atoms with Crippen molar-refractivity contribution in [3.8, 4) is 28.6 Å². The van der Waals surface area contributed by atoms with Gasteiger partial charge in [0, 0.05) is 30.1 Å². The van der Waals surface area contributed by atoms with Crippen LogP contribution in [-0.4, -0.2) is 59.5 Å². The van der Waals surface area contributed by atoms with E-state index in [1.54, 1.807) is 19.1 Å². The summed E-state index contributed by atoms with van der Waals surface area (Å²) in [4.78, 5) is 21.6. The standard InChI is InChI=1S/C37H41F5N4O4Si/c1-21(2)51(22(3)4,23(5)6)17-14-25-28(38)13-12-24-10-8-11-26(30(24)25)31-29(46(48)49)18-27-33(32(31)39)43-35(50-20-37(40,41)42)44-34(27)45-16-9-15-36(7,47)19-45/h8,10-13,18,21-23,47H,9,15-16,19-20H2,1-7H3/t36-/m1/s1. The molecule has 5 rings (SSSR count). The molecule has 3 aromatic carbocycles. The molecule has 1 N–H and O–H groups in total. The number of rotatable bonds is 8. The van der Waals surface area contributed by atoms with Crippen molar-refractivity contribution >= 4 is 41.3 Å². The number of hydrogen-bond donors (Lipinski definition) is 1. The van der Waals surface area contributed by atoms with Gasteiger partial charge < -0.3 is 14.7 Å². The molecular weight excluding hydrogens is 688 g/mol. The average molecular weight is 729 g/mol. The van der Waals surface area contributed by atoms with Crippen LogP contribution in [0.2, 0.25) is 16.6 Å². The molecule has 1 atom stereocenters. The van der Waals surface area contributed by atoms with Crippen molar-refractivity contribution in [3.63, 3.8) is 0 Å². The number of aromatic nitrogens is 2. The predicted octanol–water partition coefficient (Wildman–Crippen LogP) is 9.50. The molecule has 0 bridgehead atoms. The highest BCUT2D eigenvalue weighted by atomic mass is 28.3. The number of aliphatic hydroxyl groups is 1. The molecule has 0 aliphatic carbocycles. The molecule has 0 radical (unpaired) electrons. The number of nitrogens with zero attached hydrogens (tertiary/aromatic N) is 4. The van der Waals surface area contributed by atoms with Crippen molar-refractivity contribution in [2.45, 2.75) is 89.7 Å². The Labute approximate surface area is 294 Å². The highest BCUT2D eigenvalue weighted by molar-refractivity contribution is 6.90. The first-order chi connectivity index (χ1) is 23.8. The number of β-amino-alcohol motifs (C(OH)–C–C–N with tert-alkyl or cyclic N) is 1. The molecule has 272 valence electrons. The van der Waals surface area contributed by atoms with Gasteiger partial charge in [-0.1, -0.05) is 71.7 Å². The lowest BCUT2D eigenvalue weighted by Crippen LogP contribution is -2.46. The number of hydrogen-bond acceptors (Lipinski definition) is 7. The lowest BCUT2D eigenvalue weighted by Gasteiger charge is -2.38. The summed E-state index contributed by atoms with van der Waals surface area (Å²) < 4.78 is 77.5. The Morgan fingerprint density at radius 3 is 2.33 bits per heavy atom. The van der Waals surface area contributed by atoms with Crippen molar-refractivity contribution in [3.05, 3.63) is 63.7 Å². The van der Waals surface area contributed by atoms with Gasteiger partial charge in [0.1, 0.15) is 25.2 Å². The van der Waals surface area contributed by atoms with Crippen LogP contribution < -0.4 is 9.64 Å². The van der Waals surface area contributed by atoms with Gasteiger partial charge in [-0.15, -0.1) is 5.54 Å². The van der Waals surface area contributed by atoms with E-state index in [1.165, 1.54) is 23.1 Å². The number of anilines is 1. The molecule has 4 aromatic rings. The first kappa shape index (κ1) is 37.9. The van der Waals surface area contributed by atoms with E-state index in [0.717, 1.165) is 6.07 Å². The summed E-state index contributed by atoms with van der Waals surface area (Å²) in [6.45, 7) is 12.7. The second kappa shape index (κ2) is 14.0. The van der Waals surface area contributed by atoms with Gasteiger partial charge in [-0.05, 0) is 47.8 Å². The van der Waals surface area contributed by atoms with E-state index in [1.807, 2.05) is 0 Å². The van der Waals surface area contributed by atoms with E-state index >= 15 is 8.78 Å². The van der Waals surface area contributed by atoms with E-state index < -0.39 is 65.8 Å². The van der Waals surface area contributed by atoms with Crippen LogP contribution in [0.25, 0.3) is 32.8 Å². The number of piperidine rings is 1. The average Bonchev–Trinajstić information content (AvgIpc) is 3.03. The Hall–Kier alpha value is -4.35. The number of nitro groups is 1. The van der Waals surface area contributed by atoms with Gasteiger partial charge in [0.15, 0.2) is 12.4 Å². The summed E-state index contributed by atoms with van der Waals surface area (Å²) in [5, 5.41) is 24.0. The van der Waals surface area contributed by atoms with Crippen LogP contribution >= 0.6 is 0 Å². The molecule has 1 aliphatic rings. The third-order valence-corrected chi connectivity index (χ3v) is 16.2. The molecule has 0 saturated carbocycles. The molecule has 0 amide bonds. The summed E-state index contributed by atoms with van der Waals surface area (Å²) in [5.74, 6) is 1.08. The Morgan fingerprint density at radius 2 is 1.75 bits per heavy atom. The Kier molecular flexibility index (Phi) is 10.4. The van der Waals surface area contributed by atoms with Crippen LogP contribution in [0.1, 0.15) is 66.9 Å². The minimum atomic E-state index is -4.77. The predicted molar refractivity (Wildman–Crippen MR) is 191 cm³/mol. The fourth-order valence-corrected chi connectivity index (χ4v) is 12.9. The number of nitro benzene ring substituents is 1. The maximum Gasteiger partial charge on any atom is 0.422 e. The van der Waals surface area contributed by atoms with Crippen molar-refractivity contribution in [1.82, 2.24) is 9.97 Å². The van der Waals surface area contributed by atoms with Crippen molar-refractivity contribution in [1.29, 1.82) is 0 Å². The summed E-state index contributed by atoms with van der Waals surface area (Å²) in [6.07, 6.45) is -3.89. The third kappa shape index (κ3) is 7.37. The Balaban J connectivity index is 1.86.